The van der Waals surface area contributed by atoms with E-state index in [4.69, 9.17) is 4.42 Å². The normalized spacial score (nSPS) is 11.7. The largest absolute Gasteiger partial charge is 3.00 e. The van der Waals surface area contributed by atoms with Gasteiger partial charge in [-0.25, -0.2) is 0 Å². The quantitative estimate of drug-likeness (QED) is 0.129. The Bertz CT molecular complexity index is 3080. The second-order valence-corrected chi connectivity index (χ2v) is 13.0. The van der Waals surface area contributed by atoms with Gasteiger partial charge in [0.15, 0.2) is 0 Å². The van der Waals surface area contributed by atoms with Gasteiger partial charge in [-0.2, -0.15) is 30.3 Å². The molecule has 11 rings (SSSR count). The number of aryl methyl sites for hydroxylation is 3. The molecule has 0 amide bonds. The van der Waals surface area contributed by atoms with Crippen LogP contribution in [0.25, 0.3) is 88.0 Å². The number of pyridine rings is 1. The standard InChI is InChI=1S/C31H19N2O.C14H11N2.Ir/c1-17-13-26(32-16-18(17)2)23-11-6-10-22-25-14-24-21-9-5-8-20-19-7-3-4-12-27(19)33(30(20)21)28(24)15-29(25)34-31(22)23;1-15-11-16(12-7-3-2-4-8-12)14-10-6-5-9-13(14)15;/h3-10,12-16H,1-2H3;2-7,9-10H,1H3;/q2*-1;+3. The molecule has 51 heavy (non-hydrogen) atoms. The molecule has 0 N–H and O–H groups in total. The fourth-order valence-electron chi connectivity index (χ4n) is 7.52. The summed E-state index contributed by atoms with van der Waals surface area (Å²) in [4.78, 5) is 4.68. The molecule has 5 heterocycles. The Morgan fingerprint density at radius 3 is 2.24 bits per heavy atom. The van der Waals surface area contributed by atoms with Crippen LogP contribution in [0.5, 0.6) is 0 Å². The van der Waals surface area contributed by atoms with Gasteiger partial charge in [-0.3, -0.25) is 0 Å². The molecule has 11 aromatic rings. The summed E-state index contributed by atoms with van der Waals surface area (Å²) in [5.74, 6) is 0. The number of hydrogen-bond acceptors (Lipinski definition) is 2. The molecule has 6 heteroatoms. The Morgan fingerprint density at radius 2 is 1.41 bits per heavy atom. The molecule has 0 saturated heterocycles. The Kier molecular flexibility index (Phi) is 7.28. The topological polar surface area (TPSA) is 39.2 Å². The van der Waals surface area contributed by atoms with E-state index in [9.17, 15) is 0 Å². The van der Waals surface area contributed by atoms with Gasteiger partial charge < -0.3 is 22.9 Å². The van der Waals surface area contributed by atoms with E-state index in [0.29, 0.717) is 0 Å². The molecule has 0 aliphatic rings. The van der Waals surface area contributed by atoms with E-state index >= 15 is 0 Å². The second kappa shape index (κ2) is 11.9. The van der Waals surface area contributed by atoms with Crippen molar-refractivity contribution in [1.29, 1.82) is 0 Å². The first-order valence-electron chi connectivity index (χ1n) is 16.8. The smallest absolute Gasteiger partial charge is 0.501 e. The first-order valence-corrected chi connectivity index (χ1v) is 16.8. The predicted octanol–water partition coefficient (Wildman–Crippen LogP) is 10.3. The van der Waals surface area contributed by atoms with Gasteiger partial charge in [-0.1, -0.05) is 88.9 Å². The first-order chi connectivity index (χ1) is 24.5. The number of benzene rings is 6. The van der Waals surface area contributed by atoms with Crippen LogP contribution in [-0.4, -0.2) is 14.0 Å². The summed E-state index contributed by atoms with van der Waals surface area (Å²) in [6.07, 6.45) is 5.20. The number of nitrogens with zero attached hydrogens (tertiary/aromatic N) is 4. The number of aromatic nitrogens is 4. The summed E-state index contributed by atoms with van der Waals surface area (Å²) in [5.41, 5.74) is 12.9. The maximum absolute atomic E-state index is 6.53. The van der Waals surface area contributed by atoms with Crippen LogP contribution in [0.1, 0.15) is 11.1 Å². The average molecular weight is 835 g/mol. The van der Waals surface area contributed by atoms with E-state index in [2.05, 4.69) is 121 Å². The van der Waals surface area contributed by atoms with Crippen molar-refractivity contribution in [2.24, 2.45) is 7.05 Å². The number of hydrogen-bond donors (Lipinski definition) is 0. The van der Waals surface area contributed by atoms with E-state index in [1.165, 1.54) is 54.7 Å². The summed E-state index contributed by atoms with van der Waals surface area (Å²) >= 11 is 0. The molecule has 0 aliphatic carbocycles. The Balaban J connectivity index is 0.000000173. The van der Waals surface area contributed by atoms with Crippen LogP contribution in [0.4, 0.5) is 0 Å². The van der Waals surface area contributed by atoms with Crippen LogP contribution in [0.15, 0.2) is 132 Å². The van der Waals surface area contributed by atoms with E-state index in [1.807, 2.05) is 64.8 Å². The van der Waals surface area contributed by atoms with E-state index in [1.54, 1.807) is 0 Å². The first kappa shape index (κ1) is 31.2. The zero-order chi connectivity index (χ0) is 33.5. The molecule has 0 radical (unpaired) electrons. The molecule has 0 saturated carbocycles. The number of imidazole rings is 1. The van der Waals surface area contributed by atoms with E-state index in [-0.39, 0.29) is 20.1 Å². The SMILES string of the molecule is C[n+]1[c-]n(-c2[c-]cccc2)c2ccccc21.Cc1cnc(-c2[c-]ccc3c2oc2cc4c(cc23)c2cccc3c5ccccc5n4c32)cc1C.[Ir+3]. The summed E-state index contributed by atoms with van der Waals surface area (Å²) in [7, 11) is 2.00. The number of rotatable bonds is 2. The molecule has 0 bridgehead atoms. The van der Waals surface area contributed by atoms with Crippen molar-refractivity contribution < 1.29 is 29.1 Å². The van der Waals surface area contributed by atoms with Gasteiger partial charge in [0, 0.05) is 39.2 Å². The third-order valence-electron chi connectivity index (χ3n) is 10.1. The maximum atomic E-state index is 6.53. The van der Waals surface area contributed by atoms with Gasteiger partial charge in [0.25, 0.3) is 0 Å². The predicted molar refractivity (Wildman–Crippen MR) is 202 cm³/mol. The fourth-order valence-corrected chi connectivity index (χ4v) is 7.52. The van der Waals surface area contributed by atoms with Crippen molar-refractivity contribution in [2.45, 2.75) is 13.8 Å². The zero-order valence-corrected chi connectivity index (χ0v) is 30.5. The van der Waals surface area contributed by atoms with E-state index < -0.39 is 0 Å². The van der Waals surface area contributed by atoms with Crippen LogP contribution < -0.4 is 4.57 Å². The van der Waals surface area contributed by atoms with Crippen LogP contribution >= 0.6 is 0 Å². The van der Waals surface area contributed by atoms with E-state index in [0.717, 1.165) is 44.4 Å². The second-order valence-electron chi connectivity index (χ2n) is 13.0. The molecule has 5 nitrogen and oxygen atoms in total. The van der Waals surface area contributed by atoms with Gasteiger partial charge >= 0.3 is 20.1 Å². The molecule has 0 aliphatic heterocycles. The van der Waals surface area contributed by atoms with Gasteiger partial charge in [0.1, 0.15) is 5.58 Å². The monoisotopic (exact) mass is 835 g/mol. The van der Waals surface area contributed by atoms with Gasteiger partial charge in [-0.15, -0.1) is 18.2 Å². The fraction of sp³-hybridized carbons (Fsp3) is 0.0667. The minimum absolute atomic E-state index is 0. The molecule has 244 valence electrons. The minimum atomic E-state index is 0. The summed E-state index contributed by atoms with van der Waals surface area (Å²) in [6, 6.07) is 48.7. The molecular weight excluding hydrogens is 805 g/mol. The van der Waals surface area contributed by atoms with Crippen molar-refractivity contribution in [2.75, 3.05) is 0 Å². The average Bonchev–Trinajstić information content (AvgIpc) is 3.89. The van der Waals surface area contributed by atoms with Crippen LogP contribution in [0.3, 0.4) is 0 Å². The molecule has 0 spiro atoms. The van der Waals surface area contributed by atoms with Crippen molar-refractivity contribution in [1.82, 2.24) is 14.0 Å². The molecule has 6 aromatic carbocycles. The maximum Gasteiger partial charge on any atom is 3.00 e. The van der Waals surface area contributed by atoms with Crippen LogP contribution in [-0.2, 0) is 27.2 Å². The molecular formula is C45H30IrN4O+. The minimum Gasteiger partial charge on any atom is -0.501 e. The number of para-hydroxylation sites is 5. The van der Waals surface area contributed by atoms with Gasteiger partial charge in [0.2, 0.25) is 6.33 Å². The summed E-state index contributed by atoms with van der Waals surface area (Å²) < 4.78 is 12.9. The van der Waals surface area contributed by atoms with Crippen molar-refractivity contribution >= 4 is 71.1 Å². The third kappa shape index (κ3) is 4.71. The third-order valence-corrected chi connectivity index (χ3v) is 10.1. The van der Waals surface area contributed by atoms with Gasteiger partial charge in [-0.05, 0) is 37.2 Å². The Morgan fingerprint density at radius 1 is 0.647 bits per heavy atom. The van der Waals surface area contributed by atoms with Crippen molar-refractivity contribution in [3.05, 3.63) is 157 Å². The molecule has 0 fully saturated rings. The molecule has 0 unspecified atom stereocenters. The zero-order valence-electron chi connectivity index (χ0n) is 28.2. The van der Waals surface area contributed by atoms with Crippen molar-refractivity contribution in [3.8, 4) is 16.9 Å². The Hall–Kier alpha value is -5.81. The summed E-state index contributed by atoms with van der Waals surface area (Å²) in [5, 5.41) is 7.33. The molecule has 0 atom stereocenters. The number of fused-ring (bicyclic) bond motifs is 10. The van der Waals surface area contributed by atoms with Crippen LogP contribution in [0, 0.1) is 32.3 Å². The molecule has 5 aromatic heterocycles. The van der Waals surface area contributed by atoms with Gasteiger partial charge in [0.05, 0.1) is 40.2 Å². The van der Waals surface area contributed by atoms with Crippen molar-refractivity contribution in [3.63, 3.8) is 0 Å². The number of furan rings is 1. The Labute approximate surface area is 307 Å². The summed E-state index contributed by atoms with van der Waals surface area (Å²) in [6.45, 7) is 4.20. The van der Waals surface area contributed by atoms with Crippen LogP contribution in [0.2, 0.25) is 0 Å².